The summed E-state index contributed by atoms with van der Waals surface area (Å²) in [6, 6.07) is 7.07. The van der Waals surface area contributed by atoms with E-state index in [1.54, 1.807) is 37.5 Å². The molecule has 3 heterocycles. The molecule has 13 heteroatoms. The Kier molecular flexibility index (Phi) is 8.61. The molecule has 0 radical (unpaired) electrons. The highest BCUT2D eigenvalue weighted by Gasteiger charge is 2.35. The van der Waals surface area contributed by atoms with E-state index in [0.717, 1.165) is 5.56 Å². The van der Waals surface area contributed by atoms with Gasteiger partial charge in [-0.25, -0.2) is 18.4 Å². The van der Waals surface area contributed by atoms with Crippen molar-refractivity contribution in [1.82, 2.24) is 29.7 Å². The van der Waals surface area contributed by atoms with Crippen molar-refractivity contribution in [3.63, 3.8) is 0 Å². The minimum Gasteiger partial charge on any atom is -0.494 e. The van der Waals surface area contributed by atoms with Crippen LogP contribution in [0.25, 0.3) is 17.1 Å². The first kappa shape index (κ1) is 28.5. The Morgan fingerprint density at radius 3 is 2.25 bits per heavy atom. The smallest absolute Gasteiger partial charge is 0.243 e. The van der Waals surface area contributed by atoms with Crippen LogP contribution in [0.2, 0.25) is 0 Å². The molecule has 1 N–H and O–H groups in total. The molecule has 0 aliphatic carbocycles. The third-order valence-corrected chi connectivity index (χ3v) is 7.71. The maximum atomic E-state index is 13.7. The Hall–Kier alpha value is -4.54. The van der Waals surface area contributed by atoms with Crippen LogP contribution >= 0.6 is 0 Å². The van der Waals surface area contributed by atoms with Gasteiger partial charge in [-0.2, -0.15) is 0 Å². The minimum absolute atomic E-state index is 0.0875. The van der Waals surface area contributed by atoms with E-state index in [0.29, 0.717) is 34.1 Å². The molecule has 208 valence electrons. The second-order valence-electron chi connectivity index (χ2n) is 8.66. The third-order valence-electron chi connectivity index (χ3n) is 6.02. The highest BCUT2D eigenvalue weighted by Crippen LogP contribution is 2.38. The van der Waals surface area contributed by atoms with Gasteiger partial charge in [-0.05, 0) is 44.5 Å². The molecule has 0 aliphatic rings. The zero-order valence-electron chi connectivity index (χ0n) is 22.9. The van der Waals surface area contributed by atoms with Crippen LogP contribution in [-0.4, -0.2) is 64.7 Å². The number of pyridine rings is 1. The summed E-state index contributed by atoms with van der Waals surface area (Å²) < 4.78 is 48.3. The second-order valence-corrected chi connectivity index (χ2v) is 10.7. The Morgan fingerprint density at radius 2 is 1.68 bits per heavy atom. The molecular weight excluding hydrogens is 534 g/mol. The molecule has 3 aromatic heterocycles. The first-order chi connectivity index (χ1) is 19.2. The summed E-state index contributed by atoms with van der Waals surface area (Å²) in [5, 5.41) is 7.39. The standard InChI is InChI=1S/C27H29N7O5S/c1-7-9-19-14-29-25(30-15-19)24(39-6)18(3)40(35,36)33-27-32-31-26(20-12-17(2)13-28-16-20)34(27)23-21(37-4)10-8-11-22(23)38-5/h8,10-16,18,24H,1-6H3,(H,32,33). The van der Waals surface area contributed by atoms with Crippen molar-refractivity contribution in [2.45, 2.75) is 32.1 Å². The number of hydrogen-bond donors (Lipinski definition) is 1. The first-order valence-corrected chi connectivity index (χ1v) is 13.7. The molecule has 12 nitrogen and oxygen atoms in total. The highest BCUT2D eigenvalue weighted by atomic mass is 32.2. The average Bonchev–Trinajstić information content (AvgIpc) is 3.36. The summed E-state index contributed by atoms with van der Waals surface area (Å²) in [5.41, 5.74) is 2.50. The van der Waals surface area contributed by atoms with Crippen molar-refractivity contribution in [3.05, 3.63) is 66.0 Å². The van der Waals surface area contributed by atoms with Gasteiger partial charge in [0, 0.05) is 37.5 Å². The van der Waals surface area contributed by atoms with Crippen LogP contribution in [0.4, 0.5) is 5.95 Å². The maximum Gasteiger partial charge on any atom is 0.243 e. The number of para-hydroxylation sites is 1. The number of aryl methyl sites for hydroxylation is 1. The Labute approximate surface area is 232 Å². The summed E-state index contributed by atoms with van der Waals surface area (Å²) >= 11 is 0. The molecule has 2 unspecified atom stereocenters. The molecule has 1 aromatic carbocycles. The number of aromatic nitrogens is 6. The van der Waals surface area contributed by atoms with Crippen LogP contribution in [0.3, 0.4) is 0 Å². The molecule has 0 spiro atoms. The average molecular weight is 564 g/mol. The van der Waals surface area contributed by atoms with Gasteiger partial charge < -0.3 is 14.2 Å². The molecular formula is C27H29N7O5S. The number of nitrogens with one attached hydrogen (secondary N) is 1. The molecule has 40 heavy (non-hydrogen) atoms. The minimum atomic E-state index is -4.14. The van der Waals surface area contributed by atoms with Crippen LogP contribution in [0.5, 0.6) is 11.5 Å². The zero-order valence-corrected chi connectivity index (χ0v) is 23.7. The number of benzene rings is 1. The molecule has 2 atom stereocenters. The van der Waals surface area contributed by atoms with E-state index < -0.39 is 21.4 Å². The van der Waals surface area contributed by atoms with Crippen LogP contribution in [0.15, 0.2) is 49.1 Å². The van der Waals surface area contributed by atoms with Crippen molar-refractivity contribution in [2.75, 3.05) is 26.1 Å². The second kappa shape index (κ2) is 12.1. The van der Waals surface area contributed by atoms with Gasteiger partial charge in [-0.3, -0.25) is 14.3 Å². The van der Waals surface area contributed by atoms with E-state index in [1.807, 2.05) is 13.0 Å². The number of sulfonamides is 1. The van der Waals surface area contributed by atoms with Gasteiger partial charge in [0.1, 0.15) is 28.5 Å². The molecule has 0 aliphatic heterocycles. The topological polar surface area (TPSA) is 143 Å². The highest BCUT2D eigenvalue weighted by molar-refractivity contribution is 7.93. The monoisotopic (exact) mass is 563 g/mol. The Morgan fingerprint density at radius 1 is 1.00 bits per heavy atom. The van der Waals surface area contributed by atoms with Gasteiger partial charge in [0.15, 0.2) is 11.6 Å². The number of ether oxygens (including phenoxy) is 3. The number of rotatable bonds is 10. The molecule has 0 saturated heterocycles. The quantitative estimate of drug-likeness (QED) is 0.285. The summed E-state index contributed by atoms with van der Waals surface area (Å²) in [6.07, 6.45) is 5.36. The lowest BCUT2D eigenvalue weighted by Gasteiger charge is -2.23. The molecule has 4 rings (SSSR count). The van der Waals surface area contributed by atoms with Gasteiger partial charge in [-0.1, -0.05) is 12.0 Å². The van der Waals surface area contributed by atoms with Gasteiger partial charge in [0.05, 0.1) is 19.8 Å². The normalized spacial score (nSPS) is 12.7. The fourth-order valence-electron chi connectivity index (χ4n) is 4.06. The third kappa shape index (κ3) is 5.73. The Balaban J connectivity index is 1.81. The van der Waals surface area contributed by atoms with E-state index in [2.05, 4.69) is 41.7 Å². The van der Waals surface area contributed by atoms with E-state index in [9.17, 15) is 8.42 Å². The maximum absolute atomic E-state index is 13.7. The van der Waals surface area contributed by atoms with Gasteiger partial charge in [0.2, 0.25) is 16.0 Å². The van der Waals surface area contributed by atoms with E-state index in [1.165, 1.54) is 45.2 Å². The number of hydrogen-bond acceptors (Lipinski definition) is 10. The SMILES string of the molecule is CC#Cc1cnc(C(OC)C(C)S(=O)(=O)Nc2nnc(-c3cncc(C)c3)n2-c2c(OC)cccc2OC)nc1. The van der Waals surface area contributed by atoms with Crippen molar-refractivity contribution < 1.29 is 22.6 Å². The number of nitrogens with zero attached hydrogens (tertiary/aromatic N) is 6. The molecule has 0 amide bonds. The predicted octanol–water partition coefficient (Wildman–Crippen LogP) is 3.33. The number of methoxy groups -OCH3 is 3. The summed E-state index contributed by atoms with van der Waals surface area (Å²) in [5.74, 6) is 6.87. The largest absolute Gasteiger partial charge is 0.494 e. The summed E-state index contributed by atoms with van der Waals surface area (Å²) in [4.78, 5) is 12.8. The predicted molar refractivity (Wildman–Crippen MR) is 149 cm³/mol. The molecule has 0 saturated carbocycles. The summed E-state index contributed by atoms with van der Waals surface area (Å²) in [7, 11) is 0.256. The van der Waals surface area contributed by atoms with Crippen molar-refractivity contribution in [1.29, 1.82) is 0 Å². The van der Waals surface area contributed by atoms with Crippen LogP contribution in [0.1, 0.15) is 36.9 Å². The van der Waals surface area contributed by atoms with Crippen molar-refractivity contribution in [3.8, 4) is 40.4 Å². The van der Waals surface area contributed by atoms with Crippen LogP contribution < -0.4 is 14.2 Å². The van der Waals surface area contributed by atoms with Crippen LogP contribution in [0, 0.1) is 18.8 Å². The fraction of sp³-hybridized carbons (Fsp3) is 0.296. The lowest BCUT2D eigenvalue weighted by molar-refractivity contribution is 0.0950. The van der Waals surface area contributed by atoms with E-state index in [4.69, 9.17) is 14.2 Å². The van der Waals surface area contributed by atoms with Gasteiger partial charge in [0.25, 0.3) is 0 Å². The Bertz CT molecular complexity index is 1640. The molecule has 0 fully saturated rings. The lowest BCUT2D eigenvalue weighted by atomic mass is 10.2. The lowest BCUT2D eigenvalue weighted by Crippen LogP contribution is -2.33. The van der Waals surface area contributed by atoms with E-state index >= 15 is 0 Å². The first-order valence-electron chi connectivity index (χ1n) is 12.1. The molecule has 0 bridgehead atoms. The zero-order chi connectivity index (χ0) is 28.9. The van der Waals surface area contributed by atoms with Crippen molar-refractivity contribution >= 4 is 16.0 Å². The van der Waals surface area contributed by atoms with Gasteiger partial charge in [-0.15, -0.1) is 16.1 Å². The van der Waals surface area contributed by atoms with Crippen LogP contribution in [-0.2, 0) is 14.8 Å². The van der Waals surface area contributed by atoms with E-state index in [-0.39, 0.29) is 11.8 Å². The summed E-state index contributed by atoms with van der Waals surface area (Å²) in [6.45, 7) is 5.09. The van der Waals surface area contributed by atoms with Crippen molar-refractivity contribution in [2.24, 2.45) is 0 Å². The fourth-order valence-corrected chi connectivity index (χ4v) is 5.19. The van der Waals surface area contributed by atoms with Gasteiger partial charge >= 0.3 is 0 Å². The number of anilines is 1. The molecule has 4 aromatic rings.